The van der Waals surface area contributed by atoms with Gasteiger partial charge in [0.05, 0.1) is 10.7 Å². The molecule has 1 N–H and O–H groups in total. The van der Waals surface area contributed by atoms with Crippen LogP contribution in [0, 0.1) is 11.8 Å². The number of hydrogen-bond acceptors (Lipinski definition) is 2. The smallest absolute Gasteiger partial charge is 0.214 e. The van der Waals surface area contributed by atoms with Crippen LogP contribution in [0.2, 0.25) is 5.02 Å². The summed E-state index contributed by atoms with van der Waals surface area (Å²) in [5, 5.41) is 3.10. The van der Waals surface area contributed by atoms with Gasteiger partial charge in [-0.2, -0.15) is 4.39 Å². The molecule has 1 aromatic carbocycles. The van der Waals surface area contributed by atoms with Gasteiger partial charge in [0.15, 0.2) is 0 Å². The molecular formula is C11H7ClF2N2. The van der Waals surface area contributed by atoms with Crippen LogP contribution in [0.3, 0.4) is 0 Å². The van der Waals surface area contributed by atoms with Gasteiger partial charge in [-0.3, -0.25) is 0 Å². The van der Waals surface area contributed by atoms with Crippen LogP contribution in [0.15, 0.2) is 36.5 Å². The standard InChI is InChI=1S/C11H7ClF2N2/c12-9-5-7(13)1-2-10(9)16-8-3-4-15-11(14)6-8/h1-6H,(H,15,16). The molecule has 82 valence electrons. The maximum atomic E-state index is 12.8. The molecule has 1 aromatic heterocycles. The third kappa shape index (κ3) is 2.46. The van der Waals surface area contributed by atoms with Crippen LogP contribution in [0.5, 0.6) is 0 Å². The second-order valence-electron chi connectivity index (χ2n) is 3.12. The molecule has 0 amide bonds. The summed E-state index contributed by atoms with van der Waals surface area (Å²) in [5.74, 6) is -1.01. The molecule has 0 aliphatic rings. The molecule has 5 heteroatoms. The third-order valence-electron chi connectivity index (χ3n) is 1.94. The van der Waals surface area contributed by atoms with E-state index in [4.69, 9.17) is 11.6 Å². The van der Waals surface area contributed by atoms with E-state index in [1.165, 1.54) is 30.5 Å². The van der Waals surface area contributed by atoms with Crippen LogP contribution in [0.4, 0.5) is 20.2 Å². The van der Waals surface area contributed by atoms with Gasteiger partial charge in [-0.15, -0.1) is 0 Å². The Bertz CT molecular complexity index is 517. The zero-order valence-electron chi connectivity index (χ0n) is 8.05. The highest BCUT2D eigenvalue weighted by Gasteiger charge is 2.03. The Morgan fingerprint density at radius 2 is 1.94 bits per heavy atom. The first-order chi connectivity index (χ1) is 7.65. The summed E-state index contributed by atoms with van der Waals surface area (Å²) >= 11 is 5.81. The van der Waals surface area contributed by atoms with Gasteiger partial charge in [-0.25, -0.2) is 9.37 Å². The van der Waals surface area contributed by atoms with Gasteiger partial charge in [0.25, 0.3) is 0 Å². The lowest BCUT2D eigenvalue weighted by atomic mass is 10.3. The Morgan fingerprint density at radius 1 is 1.12 bits per heavy atom. The highest BCUT2D eigenvalue weighted by atomic mass is 35.5. The number of rotatable bonds is 2. The van der Waals surface area contributed by atoms with E-state index in [-0.39, 0.29) is 5.02 Å². The van der Waals surface area contributed by atoms with E-state index in [1.807, 2.05) is 0 Å². The monoisotopic (exact) mass is 240 g/mol. The van der Waals surface area contributed by atoms with Gasteiger partial charge in [-0.1, -0.05) is 11.6 Å². The third-order valence-corrected chi connectivity index (χ3v) is 2.25. The van der Waals surface area contributed by atoms with Crippen molar-refractivity contribution in [3.05, 3.63) is 53.3 Å². The van der Waals surface area contributed by atoms with Crippen LogP contribution in [0.25, 0.3) is 0 Å². The largest absolute Gasteiger partial charge is 0.354 e. The quantitative estimate of drug-likeness (QED) is 0.809. The van der Waals surface area contributed by atoms with Gasteiger partial charge in [0.1, 0.15) is 5.82 Å². The predicted octanol–water partition coefficient (Wildman–Crippen LogP) is 3.76. The van der Waals surface area contributed by atoms with Gasteiger partial charge < -0.3 is 5.32 Å². The first-order valence-corrected chi connectivity index (χ1v) is 4.86. The van der Waals surface area contributed by atoms with Crippen molar-refractivity contribution in [2.45, 2.75) is 0 Å². The first-order valence-electron chi connectivity index (χ1n) is 4.49. The SMILES string of the molecule is Fc1ccc(Nc2ccnc(F)c2)c(Cl)c1. The van der Waals surface area contributed by atoms with Crippen molar-refractivity contribution in [1.82, 2.24) is 4.98 Å². The molecule has 0 atom stereocenters. The zero-order chi connectivity index (χ0) is 11.5. The minimum Gasteiger partial charge on any atom is -0.354 e. The van der Waals surface area contributed by atoms with Gasteiger partial charge in [-0.05, 0) is 24.3 Å². The minimum absolute atomic E-state index is 0.234. The molecule has 2 aromatic rings. The Balaban J connectivity index is 2.27. The van der Waals surface area contributed by atoms with Crippen LogP contribution in [-0.2, 0) is 0 Å². The molecule has 16 heavy (non-hydrogen) atoms. The molecule has 1 heterocycles. The zero-order valence-corrected chi connectivity index (χ0v) is 8.80. The Kier molecular flexibility index (Phi) is 3.01. The summed E-state index contributed by atoms with van der Waals surface area (Å²) < 4.78 is 25.6. The van der Waals surface area contributed by atoms with Crippen molar-refractivity contribution < 1.29 is 8.78 Å². The molecular weight excluding hydrogens is 234 g/mol. The summed E-state index contributed by atoms with van der Waals surface area (Å²) in [4.78, 5) is 3.42. The van der Waals surface area contributed by atoms with Crippen molar-refractivity contribution in [1.29, 1.82) is 0 Å². The Morgan fingerprint density at radius 3 is 2.62 bits per heavy atom. The topological polar surface area (TPSA) is 24.9 Å². The lowest BCUT2D eigenvalue weighted by molar-refractivity contribution is 0.584. The van der Waals surface area contributed by atoms with Crippen LogP contribution < -0.4 is 5.32 Å². The fraction of sp³-hybridized carbons (Fsp3) is 0. The normalized spacial score (nSPS) is 10.2. The van der Waals surface area contributed by atoms with E-state index in [0.29, 0.717) is 11.4 Å². The highest BCUT2D eigenvalue weighted by molar-refractivity contribution is 6.33. The van der Waals surface area contributed by atoms with E-state index < -0.39 is 11.8 Å². The number of aromatic nitrogens is 1. The molecule has 2 nitrogen and oxygen atoms in total. The summed E-state index contributed by atoms with van der Waals surface area (Å²) in [5.41, 5.74) is 1.01. The van der Waals surface area contributed by atoms with Crippen molar-refractivity contribution in [2.24, 2.45) is 0 Å². The van der Waals surface area contributed by atoms with Crippen molar-refractivity contribution in [3.63, 3.8) is 0 Å². The van der Waals surface area contributed by atoms with E-state index in [1.54, 1.807) is 6.07 Å². The van der Waals surface area contributed by atoms with Gasteiger partial charge >= 0.3 is 0 Å². The van der Waals surface area contributed by atoms with E-state index in [0.717, 1.165) is 0 Å². The number of nitrogens with one attached hydrogen (secondary N) is 1. The van der Waals surface area contributed by atoms with Crippen LogP contribution in [-0.4, -0.2) is 4.98 Å². The second kappa shape index (κ2) is 4.45. The lowest BCUT2D eigenvalue weighted by Crippen LogP contribution is -1.93. The Labute approximate surface area is 95.9 Å². The molecule has 0 aliphatic carbocycles. The number of hydrogen-bond donors (Lipinski definition) is 1. The van der Waals surface area contributed by atoms with Crippen molar-refractivity contribution in [3.8, 4) is 0 Å². The fourth-order valence-corrected chi connectivity index (χ4v) is 1.44. The second-order valence-corrected chi connectivity index (χ2v) is 3.52. The summed E-state index contributed by atoms with van der Waals surface area (Å²) in [6.45, 7) is 0. The summed E-state index contributed by atoms with van der Waals surface area (Å²) in [6, 6.07) is 6.74. The molecule has 0 spiro atoms. The highest BCUT2D eigenvalue weighted by Crippen LogP contribution is 2.25. The number of benzene rings is 1. The Hall–Kier alpha value is -1.68. The number of anilines is 2. The number of halogens is 3. The van der Waals surface area contributed by atoms with Crippen LogP contribution >= 0.6 is 11.6 Å². The molecule has 2 rings (SSSR count). The average molecular weight is 241 g/mol. The van der Waals surface area contributed by atoms with Gasteiger partial charge in [0, 0.05) is 18.0 Å². The van der Waals surface area contributed by atoms with E-state index >= 15 is 0 Å². The van der Waals surface area contributed by atoms with E-state index in [9.17, 15) is 8.78 Å². The van der Waals surface area contributed by atoms with Crippen molar-refractivity contribution in [2.75, 3.05) is 5.32 Å². The van der Waals surface area contributed by atoms with E-state index in [2.05, 4.69) is 10.3 Å². The molecule has 0 unspecified atom stereocenters. The maximum absolute atomic E-state index is 12.8. The van der Waals surface area contributed by atoms with Crippen molar-refractivity contribution >= 4 is 23.0 Å². The molecule has 0 saturated heterocycles. The molecule has 0 radical (unpaired) electrons. The van der Waals surface area contributed by atoms with Gasteiger partial charge in [0.2, 0.25) is 5.95 Å². The minimum atomic E-state index is -0.594. The molecule has 0 saturated carbocycles. The predicted molar refractivity (Wildman–Crippen MR) is 58.9 cm³/mol. The molecule has 0 aliphatic heterocycles. The van der Waals surface area contributed by atoms with Crippen LogP contribution in [0.1, 0.15) is 0 Å². The number of nitrogens with zero attached hydrogens (tertiary/aromatic N) is 1. The maximum Gasteiger partial charge on any atom is 0.214 e. The lowest BCUT2D eigenvalue weighted by Gasteiger charge is -2.07. The first kappa shape index (κ1) is 10.8. The number of pyridine rings is 1. The average Bonchev–Trinajstić information content (AvgIpc) is 2.22. The fourth-order valence-electron chi connectivity index (χ4n) is 1.23. The molecule has 0 bridgehead atoms. The molecule has 0 fully saturated rings. The summed E-state index contributed by atoms with van der Waals surface area (Å²) in [7, 11) is 0. The summed E-state index contributed by atoms with van der Waals surface area (Å²) in [6.07, 6.45) is 1.33.